The lowest BCUT2D eigenvalue weighted by molar-refractivity contribution is -0.438. The van der Waals surface area contributed by atoms with Crippen LogP contribution in [0.2, 0.25) is 0 Å². The average Bonchev–Trinajstić information content (AvgIpc) is 3.66. The summed E-state index contributed by atoms with van der Waals surface area (Å²) in [6.45, 7) is 14.0. The molecule has 0 bridgehead atoms. The first kappa shape index (κ1) is 50.9. The molecule has 2 aliphatic rings. The third kappa shape index (κ3) is 13.6. The van der Waals surface area contributed by atoms with E-state index in [9.17, 15) is 17.8 Å². The SMILES string of the molecule is CC1(C)C(/C=C/C=C/C=C2/N(CCCCS(=O)(=O)O)c3ccc4ccccc4c3C2(C)C)=[N+](CCCCCCOC(=O)NCCOCCOCCOCCN=[N+]=[N-])c2ccc3ccccc3c21. The zero-order chi connectivity index (χ0) is 47.7. The van der Waals surface area contributed by atoms with Crippen molar-refractivity contribution in [2.75, 3.05) is 83.1 Å². The number of rotatable bonds is 27. The summed E-state index contributed by atoms with van der Waals surface area (Å²) in [5.41, 5.74) is 15.0. The molecule has 358 valence electrons. The van der Waals surface area contributed by atoms with Crippen LogP contribution in [0.25, 0.3) is 32.0 Å². The first-order chi connectivity index (χ1) is 32.3. The number of unbranched alkanes of at least 4 members (excludes halogenated alkanes) is 4. The van der Waals surface area contributed by atoms with Gasteiger partial charge in [0.15, 0.2) is 5.71 Å². The van der Waals surface area contributed by atoms with Crippen LogP contribution in [0.1, 0.15) is 77.3 Å². The van der Waals surface area contributed by atoms with Crippen molar-refractivity contribution in [2.24, 2.45) is 5.11 Å². The summed E-state index contributed by atoms with van der Waals surface area (Å²) in [6.07, 6.45) is 15.0. The molecular formula is C52H67N6O8S+. The zero-order valence-electron chi connectivity index (χ0n) is 39.5. The van der Waals surface area contributed by atoms with Gasteiger partial charge in [-0.25, -0.2) is 4.79 Å². The van der Waals surface area contributed by atoms with Crippen molar-refractivity contribution in [3.05, 3.63) is 130 Å². The van der Waals surface area contributed by atoms with E-state index in [4.69, 9.17) is 24.5 Å². The highest BCUT2D eigenvalue weighted by Gasteiger charge is 2.45. The van der Waals surface area contributed by atoms with Crippen molar-refractivity contribution in [3.63, 3.8) is 0 Å². The Morgan fingerprint density at radius 1 is 0.761 bits per heavy atom. The van der Waals surface area contributed by atoms with Crippen LogP contribution in [-0.2, 0) is 39.9 Å². The predicted molar refractivity (Wildman–Crippen MR) is 267 cm³/mol. The molecule has 0 radical (unpaired) electrons. The van der Waals surface area contributed by atoms with E-state index in [2.05, 4.69) is 156 Å². The van der Waals surface area contributed by atoms with Crippen molar-refractivity contribution < 1.29 is 41.3 Å². The van der Waals surface area contributed by atoms with Gasteiger partial charge in [-0.2, -0.15) is 13.0 Å². The molecule has 1 amide bonds. The fourth-order valence-electron chi connectivity index (χ4n) is 9.32. The van der Waals surface area contributed by atoms with Gasteiger partial charge in [-0.05, 0) is 96.8 Å². The number of carbonyl (C=O) groups excluding carboxylic acids is 1. The van der Waals surface area contributed by atoms with Gasteiger partial charge in [0.05, 0.1) is 57.4 Å². The van der Waals surface area contributed by atoms with Gasteiger partial charge in [0.25, 0.3) is 10.1 Å². The highest BCUT2D eigenvalue weighted by molar-refractivity contribution is 7.85. The van der Waals surface area contributed by atoms with E-state index in [1.54, 1.807) is 0 Å². The number of benzene rings is 4. The number of hydrogen-bond donors (Lipinski definition) is 2. The molecule has 4 aromatic carbocycles. The molecule has 2 aliphatic heterocycles. The molecule has 0 atom stereocenters. The Kier molecular flexibility index (Phi) is 18.6. The van der Waals surface area contributed by atoms with E-state index in [1.807, 2.05) is 0 Å². The minimum absolute atomic E-state index is 0.250. The number of alkyl carbamates (subject to hydrolysis) is 1. The molecule has 67 heavy (non-hydrogen) atoms. The number of hydrogen-bond acceptors (Lipinski definition) is 9. The Morgan fingerprint density at radius 3 is 2.13 bits per heavy atom. The molecule has 15 heteroatoms. The maximum Gasteiger partial charge on any atom is 0.407 e. The van der Waals surface area contributed by atoms with Gasteiger partial charge >= 0.3 is 6.09 Å². The third-order valence-electron chi connectivity index (χ3n) is 12.4. The van der Waals surface area contributed by atoms with Crippen molar-refractivity contribution in [3.8, 4) is 0 Å². The van der Waals surface area contributed by atoms with Crippen molar-refractivity contribution in [1.29, 1.82) is 0 Å². The molecule has 0 fully saturated rings. The summed E-state index contributed by atoms with van der Waals surface area (Å²) in [5.74, 6) is -0.250. The summed E-state index contributed by atoms with van der Waals surface area (Å²) in [7, 11) is -4.02. The lowest BCUT2D eigenvalue weighted by Crippen LogP contribution is -2.28. The molecule has 2 heterocycles. The topological polar surface area (TPSA) is 175 Å². The van der Waals surface area contributed by atoms with Gasteiger partial charge in [0.2, 0.25) is 5.69 Å². The molecule has 0 spiro atoms. The molecule has 2 N–H and O–H groups in total. The fraction of sp³-hybridized carbons (Fsp3) is 0.462. The van der Waals surface area contributed by atoms with E-state index in [0.29, 0.717) is 78.7 Å². The second kappa shape index (κ2) is 24.5. The van der Waals surface area contributed by atoms with Crippen LogP contribution in [0.5, 0.6) is 0 Å². The third-order valence-corrected chi connectivity index (χ3v) is 13.2. The van der Waals surface area contributed by atoms with E-state index in [1.165, 1.54) is 44.1 Å². The normalized spacial score (nSPS) is 15.8. The van der Waals surface area contributed by atoms with Gasteiger partial charge in [-0.1, -0.05) is 91.8 Å². The maximum atomic E-state index is 12.2. The van der Waals surface area contributed by atoms with Crippen LogP contribution in [0.3, 0.4) is 0 Å². The highest BCUT2D eigenvalue weighted by atomic mass is 32.2. The number of anilines is 1. The Bertz CT molecular complexity index is 2620. The van der Waals surface area contributed by atoms with E-state index in [0.717, 1.165) is 43.6 Å². The van der Waals surface area contributed by atoms with Gasteiger partial charge in [-0.15, -0.1) is 0 Å². The number of allylic oxidation sites excluding steroid dienone is 6. The molecule has 0 saturated carbocycles. The molecule has 0 aromatic heterocycles. The van der Waals surface area contributed by atoms with Crippen LogP contribution in [-0.4, -0.2) is 108 Å². The fourth-order valence-corrected chi connectivity index (χ4v) is 9.89. The molecule has 4 aromatic rings. The van der Waals surface area contributed by atoms with E-state index >= 15 is 0 Å². The van der Waals surface area contributed by atoms with E-state index in [-0.39, 0.29) is 16.6 Å². The lowest BCUT2D eigenvalue weighted by Gasteiger charge is -2.27. The van der Waals surface area contributed by atoms with Crippen LogP contribution in [0.15, 0.2) is 114 Å². The molecular weight excluding hydrogens is 869 g/mol. The summed E-state index contributed by atoms with van der Waals surface area (Å²) in [5, 5.41) is 11.0. The number of azide groups is 1. The Labute approximate surface area is 395 Å². The summed E-state index contributed by atoms with van der Waals surface area (Å²) >= 11 is 0. The number of amides is 1. The van der Waals surface area contributed by atoms with Gasteiger partial charge in [-0.3, -0.25) is 4.55 Å². The number of nitrogens with one attached hydrogen (secondary N) is 1. The smallest absolute Gasteiger partial charge is 0.407 e. The Hall–Kier alpha value is -5.54. The molecule has 0 saturated heterocycles. The molecule has 14 nitrogen and oxygen atoms in total. The van der Waals surface area contributed by atoms with Crippen molar-refractivity contribution >= 4 is 54.8 Å². The number of carbonyl (C=O) groups is 1. The summed E-state index contributed by atoms with van der Waals surface area (Å²) in [4.78, 5) is 17.2. The summed E-state index contributed by atoms with van der Waals surface area (Å²) in [6, 6.07) is 25.9. The largest absolute Gasteiger partial charge is 0.450 e. The standard InChI is InChI=1S/C52H66N6O8S/c1-51(2)46(22-8-7-9-23-47-52(3,4)49-43-21-13-11-19-41(43)25-27-45(49)58(47)31-15-17-39-67(60,61)62)57(44-26-24-40-18-10-12-20-42(40)48(44)51)30-14-5-6-16-32-66-50(59)54-28-33-63-35-37-65-38-36-64-34-29-55-56-53/h7-13,18-27H,5-6,14-17,28-39H2,1-4H3,(H-,54,59,60,61,62)/p+1. The van der Waals surface area contributed by atoms with Crippen LogP contribution >= 0.6 is 0 Å². The quantitative estimate of drug-likeness (QED) is 0.0112. The second-order valence-electron chi connectivity index (χ2n) is 17.9. The van der Waals surface area contributed by atoms with Gasteiger partial charge in [0.1, 0.15) is 6.54 Å². The maximum absolute atomic E-state index is 12.2. The first-order valence-electron chi connectivity index (χ1n) is 23.5. The van der Waals surface area contributed by atoms with Gasteiger partial charge in [0, 0.05) is 65.5 Å². The lowest BCUT2D eigenvalue weighted by atomic mass is 9.79. The number of fused-ring (bicyclic) bond motifs is 6. The minimum atomic E-state index is -4.02. The minimum Gasteiger partial charge on any atom is -0.450 e. The molecule has 6 rings (SSSR count). The van der Waals surface area contributed by atoms with Gasteiger partial charge < -0.3 is 29.2 Å². The Balaban J connectivity index is 1.04. The Morgan fingerprint density at radius 2 is 1.42 bits per heavy atom. The molecule has 0 unspecified atom stereocenters. The van der Waals surface area contributed by atoms with Crippen molar-refractivity contribution in [1.82, 2.24) is 5.32 Å². The summed E-state index contributed by atoms with van der Waals surface area (Å²) < 4.78 is 56.5. The van der Waals surface area contributed by atoms with Crippen molar-refractivity contribution in [2.45, 2.75) is 77.0 Å². The number of ether oxygens (including phenoxy) is 4. The first-order valence-corrected chi connectivity index (χ1v) is 25.1. The van der Waals surface area contributed by atoms with Crippen LogP contribution in [0, 0.1) is 0 Å². The monoisotopic (exact) mass is 935 g/mol. The van der Waals surface area contributed by atoms with Crippen LogP contribution < -0.4 is 10.2 Å². The van der Waals surface area contributed by atoms with Crippen LogP contribution in [0.4, 0.5) is 16.2 Å². The highest BCUT2D eigenvalue weighted by Crippen LogP contribution is 2.51. The zero-order valence-corrected chi connectivity index (χ0v) is 40.3. The predicted octanol–water partition coefficient (Wildman–Crippen LogP) is 10.5. The average molecular weight is 936 g/mol. The van der Waals surface area contributed by atoms with E-state index < -0.39 is 16.2 Å². The second-order valence-corrected chi connectivity index (χ2v) is 19.4. The number of nitrogens with zero attached hydrogens (tertiary/aromatic N) is 5. The molecule has 0 aliphatic carbocycles.